The van der Waals surface area contributed by atoms with Crippen molar-refractivity contribution in [3.63, 3.8) is 0 Å². The molecule has 1 aromatic heterocycles. The first-order valence-electron chi connectivity index (χ1n) is 6.76. The maximum Gasteiger partial charge on any atom is 0.123 e. The van der Waals surface area contributed by atoms with Crippen molar-refractivity contribution in [1.29, 1.82) is 0 Å². The van der Waals surface area contributed by atoms with Gasteiger partial charge in [-0.25, -0.2) is 9.37 Å². The van der Waals surface area contributed by atoms with Crippen molar-refractivity contribution in [1.82, 2.24) is 14.9 Å². The number of rotatable bonds is 5. The molecule has 1 aliphatic carbocycles. The van der Waals surface area contributed by atoms with E-state index in [9.17, 15) is 4.39 Å². The van der Waals surface area contributed by atoms with Crippen LogP contribution < -0.4 is 5.32 Å². The molecule has 100 valence electrons. The molecule has 1 aliphatic rings. The van der Waals surface area contributed by atoms with E-state index in [1.807, 2.05) is 18.6 Å². The highest BCUT2D eigenvalue weighted by Gasteiger charge is 2.29. The molecule has 3 rings (SSSR count). The first kappa shape index (κ1) is 12.4. The Bertz CT molecular complexity index is 518. The molecule has 1 fully saturated rings. The van der Waals surface area contributed by atoms with Gasteiger partial charge < -0.3 is 9.88 Å². The van der Waals surface area contributed by atoms with Crippen LogP contribution >= 0.6 is 0 Å². The van der Waals surface area contributed by atoms with E-state index in [4.69, 9.17) is 0 Å². The van der Waals surface area contributed by atoms with Crippen molar-refractivity contribution in [2.24, 2.45) is 0 Å². The van der Waals surface area contributed by atoms with Crippen molar-refractivity contribution in [3.05, 3.63) is 54.4 Å². The van der Waals surface area contributed by atoms with Crippen molar-refractivity contribution in [2.45, 2.75) is 31.3 Å². The Balaban J connectivity index is 1.41. The van der Waals surface area contributed by atoms with E-state index in [1.165, 1.54) is 6.07 Å². The maximum atomic E-state index is 13.1. The van der Waals surface area contributed by atoms with E-state index in [0.29, 0.717) is 12.0 Å². The minimum Gasteiger partial charge on any atom is -0.336 e. The lowest BCUT2D eigenvalue weighted by Gasteiger charge is -2.36. The molecule has 1 heterocycles. The van der Waals surface area contributed by atoms with Gasteiger partial charge in [0.15, 0.2) is 0 Å². The van der Waals surface area contributed by atoms with Gasteiger partial charge in [-0.1, -0.05) is 12.1 Å². The fourth-order valence-corrected chi connectivity index (χ4v) is 2.63. The van der Waals surface area contributed by atoms with Crippen LogP contribution in [0.5, 0.6) is 0 Å². The largest absolute Gasteiger partial charge is 0.336 e. The van der Waals surface area contributed by atoms with Crippen molar-refractivity contribution in [2.75, 3.05) is 6.54 Å². The number of hydrogen-bond acceptors (Lipinski definition) is 2. The molecule has 0 saturated heterocycles. The minimum absolute atomic E-state index is 0.131. The lowest BCUT2D eigenvalue weighted by molar-refractivity contribution is 0.287. The van der Waals surface area contributed by atoms with Crippen LogP contribution in [0.25, 0.3) is 0 Å². The summed E-state index contributed by atoms with van der Waals surface area (Å²) in [5, 5.41) is 3.53. The van der Waals surface area contributed by atoms with Gasteiger partial charge in [-0.2, -0.15) is 0 Å². The van der Waals surface area contributed by atoms with E-state index in [0.717, 1.165) is 31.5 Å². The van der Waals surface area contributed by atoms with Crippen LogP contribution in [0.3, 0.4) is 0 Å². The first-order valence-corrected chi connectivity index (χ1v) is 6.76. The molecule has 0 atom stereocenters. The van der Waals surface area contributed by atoms with Gasteiger partial charge in [-0.05, 0) is 36.5 Å². The number of nitrogens with zero attached hydrogens (tertiary/aromatic N) is 2. The molecule has 2 aromatic rings. The lowest BCUT2D eigenvalue weighted by atomic mass is 9.76. The molecule has 0 bridgehead atoms. The number of aromatic nitrogens is 2. The van der Waals surface area contributed by atoms with Gasteiger partial charge in [0, 0.05) is 31.5 Å². The summed E-state index contributed by atoms with van der Waals surface area (Å²) in [7, 11) is 0. The molecular formula is C15H18FN3. The number of nitrogens with one attached hydrogen (secondary N) is 1. The van der Waals surface area contributed by atoms with Crippen LogP contribution in [0, 0.1) is 5.82 Å². The molecule has 3 nitrogen and oxygen atoms in total. The van der Waals surface area contributed by atoms with Gasteiger partial charge >= 0.3 is 0 Å². The summed E-state index contributed by atoms with van der Waals surface area (Å²) in [5.74, 6) is 0.385. The van der Waals surface area contributed by atoms with Crippen LogP contribution in [0.1, 0.15) is 24.3 Å². The monoisotopic (exact) mass is 259 g/mol. The van der Waals surface area contributed by atoms with Gasteiger partial charge in [0.1, 0.15) is 5.82 Å². The third kappa shape index (κ3) is 3.01. The highest BCUT2D eigenvalue weighted by atomic mass is 19.1. The zero-order valence-electron chi connectivity index (χ0n) is 10.8. The van der Waals surface area contributed by atoms with Gasteiger partial charge in [-0.3, -0.25) is 0 Å². The van der Waals surface area contributed by atoms with Crippen LogP contribution in [-0.2, 0) is 6.54 Å². The number of hydrogen-bond donors (Lipinski definition) is 1. The SMILES string of the molecule is Fc1cccc(C2CC(NCCn3ccnc3)C2)c1. The Morgan fingerprint density at radius 2 is 2.26 bits per heavy atom. The van der Waals surface area contributed by atoms with Crippen LogP contribution in [0.4, 0.5) is 4.39 Å². The van der Waals surface area contributed by atoms with Gasteiger partial charge in [0.2, 0.25) is 0 Å². The van der Waals surface area contributed by atoms with Crippen molar-refractivity contribution in [3.8, 4) is 0 Å². The Hall–Kier alpha value is -1.68. The molecule has 0 unspecified atom stereocenters. The molecule has 1 aromatic carbocycles. The van der Waals surface area contributed by atoms with Crippen LogP contribution in [-0.4, -0.2) is 22.1 Å². The van der Waals surface area contributed by atoms with Gasteiger partial charge in [-0.15, -0.1) is 0 Å². The van der Waals surface area contributed by atoms with E-state index < -0.39 is 0 Å². The fourth-order valence-electron chi connectivity index (χ4n) is 2.63. The van der Waals surface area contributed by atoms with Crippen molar-refractivity contribution >= 4 is 0 Å². The molecule has 0 aliphatic heterocycles. The Kier molecular flexibility index (Phi) is 3.60. The summed E-state index contributed by atoms with van der Waals surface area (Å²) >= 11 is 0. The van der Waals surface area contributed by atoms with E-state index in [1.54, 1.807) is 18.3 Å². The second kappa shape index (κ2) is 5.53. The van der Waals surface area contributed by atoms with Gasteiger partial charge in [0.05, 0.1) is 6.33 Å². The van der Waals surface area contributed by atoms with Gasteiger partial charge in [0.25, 0.3) is 0 Å². The fraction of sp³-hybridized carbons (Fsp3) is 0.400. The lowest BCUT2D eigenvalue weighted by Crippen LogP contribution is -2.41. The highest BCUT2D eigenvalue weighted by Crippen LogP contribution is 2.36. The second-order valence-electron chi connectivity index (χ2n) is 5.17. The Morgan fingerprint density at radius 1 is 1.37 bits per heavy atom. The summed E-state index contributed by atoms with van der Waals surface area (Å²) < 4.78 is 15.2. The molecule has 1 saturated carbocycles. The topological polar surface area (TPSA) is 29.9 Å². The van der Waals surface area contributed by atoms with Crippen LogP contribution in [0.2, 0.25) is 0 Å². The smallest absolute Gasteiger partial charge is 0.123 e. The first-order chi connectivity index (χ1) is 9.31. The number of imidazole rings is 1. The molecule has 0 radical (unpaired) electrons. The zero-order chi connectivity index (χ0) is 13.1. The molecule has 0 amide bonds. The van der Waals surface area contributed by atoms with Crippen LogP contribution in [0.15, 0.2) is 43.0 Å². The number of benzene rings is 1. The number of halogens is 1. The summed E-state index contributed by atoms with van der Waals surface area (Å²) in [6.07, 6.45) is 7.81. The zero-order valence-corrected chi connectivity index (χ0v) is 10.8. The minimum atomic E-state index is -0.131. The summed E-state index contributed by atoms with van der Waals surface area (Å²) in [4.78, 5) is 4.01. The molecule has 4 heteroatoms. The summed E-state index contributed by atoms with van der Waals surface area (Å²) in [6.45, 7) is 1.90. The average molecular weight is 259 g/mol. The quantitative estimate of drug-likeness (QED) is 0.894. The average Bonchev–Trinajstić information content (AvgIpc) is 2.85. The third-order valence-electron chi connectivity index (χ3n) is 3.82. The molecule has 19 heavy (non-hydrogen) atoms. The normalized spacial score (nSPS) is 22.2. The Labute approximate surface area is 112 Å². The predicted molar refractivity (Wildman–Crippen MR) is 72.4 cm³/mol. The highest BCUT2D eigenvalue weighted by molar-refractivity contribution is 5.23. The summed E-state index contributed by atoms with van der Waals surface area (Å²) in [5.41, 5.74) is 1.13. The standard InChI is InChI=1S/C15H18FN3/c16-14-3-1-2-12(8-14)13-9-15(10-13)18-5-7-19-6-4-17-11-19/h1-4,6,8,11,13,15,18H,5,7,9-10H2. The second-order valence-corrected chi connectivity index (χ2v) is 5.17. The van der Waals surface area contributed by atoms with E-state index in [2.05, 4.69) is 14.9 Å². The maximum absolute atomic E-state index is 13.1. The van der Waals surface area contributed by atoms with Crippen molar-refractivity contribution < 1.29 is 4.39 Å². The summed E-state index contributed by atoms with van der Waals surface area (Å²) in [6, 6.07) is 7.55. The van der Waals surface area contributed by atoms with E-state index in [-0.39, 0.29) is 5.82 Å². The molecule has 1 N–H and O–H groups in total. The predicted octanol–water partition coefficient (Wildman–Crippen LogP) is 2.56. The molecule has 0 spiro atoms. The third-order valence-corrected chi connectivity index (χ3v) is 3.82. The molecular weight excluding hydrogens is 241 g/mol. The van der Waals surface area contributed by atoms with E-state index >= 15 is 0 Å². The Morgan fingerprint density at radius 3 is 3.00 bits per heavy atom.